The van der Waals surface area contributed by atoms with Crippen molar-refractivity contribution in [3.8, 4) is 0 Å². The molecule has 0 aromatic carbocycles. The number of nitrogens with one attached hydrogen (secondary N) is 1. The van der Waals surface area contributed by atoms with E-state index in [2.05, 4.69) is 20.1 Å². The van der Waals surface area contributed by atoms with Gasteiger partial charge in [-0.1, -0.05) is 0 Å². The highest BCUT2D eigenvalue weighted by Crippen LogP contribution is 2.17. The predicted octanol–water partition coefficient (Wildman–Crippen LogP) is -0.996. The van der Waals surface area contributed by atoms with Gasteiger partial charge in [0, 0.05) is 58.9 Å². The molecule has 3 saturated heterocycles. The zero-order valence-electron chi connectivity index (χ0n) is 14.5. The molecule has 0 radical (unpaired) electrons. The highest BCUT2D eigenvalue weighted by Gasteiger charge is 2.31. The molecule has 0 amide bonds. The maximum atomic E-state index is 11.8. The van der Waals surface area contributed by atoms with Crippen molar-refractivity contribution in [2.24, 2.45) is 4.99 Å². The minimum atomic E-state index is -3.01. The Bertz CT molecular complexity index is 547. The lowest BCUT2D eigenvalue weighted by atomic mass is 10.2. The SMILES string of the molecule is CN=C(NCCN1CCCS1(=O)=O)N1CCC(N2CCOCC2)C1. The van der Waals surface area contributed by atoms with Gasteiger partial charge in [0.15, 0.2) is 5.96 Å². The summed E-state index contributed by atoms with van der Waals surface area (Å²) < 4.78 is 30.7. The van der Waals surface area contributed by atoms with E-state index in [0.717, 1.165) is 58.2 Å². The normalized spacial score (nSPS) is 29.3. The molecule has 1 atom stereocenters. The summed E-state index contributed by atoms with van der Waals surface area (Å²) >= 11 is 0. The van der Waals surface area contributed by atoms with Gasteiger partial charge in [-0.25, -0.2) is 12.7 Å². The third kappa shape index (κ3) is 4.19. The fourth-order valence-corrected chi connectivity index (χ4v) is 5.27. The number of likely N-dealkylation sites (tertiary alicyclic amines) is 1. The molecular weight excluding hydrogens is 330 g/mol. The maximum Gasteiger partial charge on any atom is 0.214 e. The molecule has 3 heterocycles. The number of guanidine groups is 1. The molecule has 0 bridgehead atoms. The third-order valence-electron chi connectivity index (χ3n) is 5.08. The molecule has 138 valence electrons. The Hall–Kier alpha value is -0.900. The molecule has 1 N–H and O–H groups in total. The highest BCUT2D eigenvalue weighted by atomic mass is 32.2. The number of morpholine rings is 1. The first-order chi connectivity index (χ1) is 11.6. The van der Waals surface area contributed by atoms with E-state index in [-0.39, 0.29) is 5.75 Å². The Kier molecular flexibility index (Phi) is 5.96. The lowest BCUT2D eigenvalue weighted by Crippen LogP contribution is -2.47. The van der Waals surface area contributed by atoms with Gasteiger partial charge in [-0.15, -0.1) is 0 Å². The van der Waals surface area contributed by atoms with Crippen LogP contribution in [0, 0.1) is 0 Å². The lowest BCUT2D eigenvalue weighted by molar-refractivity contribution is 0.0195. The quantitative estimate of drug-likeness (QED) is 0.513. The highest BCUT2D eigenvalue weighted by molar-refractivity contribution is 7.89. The van der Waals surface area contributed by atoms with Crippen LogP contribution in [0.3, 0.4) is 0 Å². The monoisotopic (exact) mass is 359 g/mol. The van der Waals surface area contributed by atoms with Crippen molar-refractivity contribution in [2.45, 2.75) is 18.9 Å². The summed E-state index contributed by atoms with van der Waals surface area (Å²) in [5, 5.41) is 3.33. The van der Waals surface area contributed by atoms with Gasteiger partial charge in [0.2, 0.25) is 10.0 Å². The Morgan fingerprint density at radius 3 is 2.71 bits per heavy atom. The van der Waals surface area contributed by atoms with Crippen molar-refractivity contribution in [3.63, 3.8) is 0 Å². The van der Waals surface area contributed by atoms with Crippen LogP contribution in [0.25, 0.3) is 0 Å². The average molecular weight is 359 g/mol. The summed E-state index contributed by atoms with van der Waals surface area (Å²) in [5.41, 5.74) is 0. The van der Waals surface area contributed by atoms with E-state index in [0.29, 0.717) is 25.7 Å². The van der Waals surface area contributed by atoms with Gasteiger partial charge in [0.1, 0.15) is 0 Å². The fraction of sp³-hybridized carbons (Fsp3) is 0.933. The number of nitrogens with zero attached hydrogens (tertiary/aromatic N) is 4. The van der Waals surface area contributed by atoms with Gasteiger partial charge in [-0.05, 0) is 12.8 Å². The van der Waals surface area contributed by atoms with E-state index in [1.54, 1.807) is 11.4 Å². The summed E-state index contributed by atoms with van der Waals surface area (Å²) in [6.07, 6.45) is 1.88. The van der Waals surface area contributed by atoms with Gasteiger partial charge >= 0.3 is 0 Å². The second-order valence-corrected chi connectivity index (χ2v) is 8.67. The molecule has 3 fully saturated rings. The average Bonchev–Trinajstić information content (AvgIpc) is 3.19. The topological polar surface area (TPSA) is 77.5 Å². The molecule has 8 nitrogen and oxygen atoms in total. The molecule has 0 aromatic rings. The smallest absolute Gasteiger partial charge is 0.214 e. The van der Waals surface area contributed by atoms with Gasteiger partial charge in [-0.2, -0.15) is 0 Å². The van der Waals surface area contributed by atoms with Gasteiger partial charge < -0.3 is 15.0 Å². The van der Waals surface area contributed by atoms with Gasteiger partial charge in [0.05, 0.1) is 19.0 Å². The van der Waals surface area contributed by atoms with Crippen LogP contribution in [0.4, 0.5) is 0 Å². The van der Waals surface area contributed by atoms with E-state index < -0.39 is 10.0 Å². The van der Waals surface area contributed by atoms with E-state index in [4.69, 9.17) is 4.74 Å². The van der Waals surface area contributed by atoms with Crippen LogP contribution in [-0.4, -0.2) is 106 Å². The minimum absolute atomic E-state index is 0.287. The van der Waals surface area contributed by atoms with E-state index >= 15 is 0 Å². The Morgan fingerprint density at radius 2 is 2.04 bits per heavy atom. The van der Waals surface area contributed by atoms with Crippen molar-refractivity contribution in [1.29, 1.82) is 0 Å². The fourth-order valence-electron chi connectivity index (χ4n) is 3.74. The summed E-state index contributed by atoms with van der Waals surface area (Å²) in [6.45, 7) is 7.40. The Balaban J connectivity index is 1.45. The second-order valence-electron chi connectivity index (χ2n) is 6.58. The number of ether oxygens (including phenoxy) is 1. The molecule has 3 rings (SSSR count). The second kappa shape index (κ2) is 7.99. The number of aliphatic imine (C=N–C) groups is 1. The largest absolute Gasteiger partial charge is 0.379 e. The van der Waals surface area contributed by atoms with Crippen LogP contribution >= 0.6 is 0 Å². The van der Waals surface area contributed by atoms with Crippen LogP contribution in [-0.2, 0) is 14.8 Å². The summed E-state index contributed by atoms with van der Waals surface area (Å²) in [6, 6.07) is 0.561. The van der Waals surface area contributed by atoms with Crippen molar-refractivity contribution in [3.05, 3.63) is 0 Å². The molecule has 9 heteroatoms. The third-order valence-corrected chi connectivity index (χ3v) is 7.04. The van der Waals surface area contributed by atoms with Crippen molar-refractivity contribution in [1.82, 2.24) is 19.4 Å². The Labute approximate surface area is 144 Å². The standard InChI is InChI=1S/C15H29N5O3S/c1-16-15(17-4-7-20-5-2-12-24(20,21)22)19-6-3-14(13-19)18-8-10-23-11-9-18/h14H,2-13H2,1H3,(H,16,17). The number of sulfonamides is 1. The van der Waals surface area contributed by atoms with Crippen molar-refractivity contribution < 1.29 is 13.2 Å². The Morgan fingerprint density at radius 1 is 1.25 bits per heavy atom. The van der Waals surface area contributed by atoms with E-state index in [1.807, 2.05) is 0 Å². The van der Waals surface area contributed by atoms with Gasteiger partial charge in [0.25, 0.3) is 0 Å². The molecule has 24 heavy (non-hydrogen) atoms. The number of hydrogen-bond donors (Lipinski definition) is 1. The van der Waals surface area contributed by atoms with E-state index in [1.165, 1.54) is 0 Å². The first-order valence-electron chi connectivity index (χ1n) is 8.85. The summed E-state index contributed by atoms with van der Waals surface area (Å²) in [7, 11) is -1.22. The first kappa shape index (κ1) is 17.9. The van der Waals surface area contributed by atoms with Crippen molar-refractivity contribution >= 4 is 16.0 Å². The van der Waals surface area contributed by atoms with Crippen LogP contribution in [0.1, 0.15) is 12.8 Å². The molecule has 0 aliphatic carbocycles. The number of hydrogen-bond acceptors (Lipinski definition) is 5. The molecule has 3 aliphatic rings. The van der Waals surface area contributed by atoms with Crippen molar-refractivity contribution in [2.75, 3.05) is 71.8 Å². The lowest BCUT2D eigenvalue weighted by Gasteiger charge is -2.32. The maximum absolute atomic E-state index is 11.8. The zero-order chi connectivity index (χ0) is 17.0. The first-order valence-corrected chi connectivity index (χ1v) is 10.5. The molecule has 1 unspecified atom stereocenters. The van der Waals surface area contributed by atoms with Gasteiger partial charge in [-0.3, -0.25) is 9.89 Å². The predicted molar refractivity (Wildman–Crippen MR) is 93.7 cm³/mol. The molecule has 0 saturated carbocycles. The number of rotatable bonds is 4. The summed E-state index contributed by atoms with van der Waals surface area (Å²) in [5.74, 6) is 1.16. The van der Waals surface area contributed by atoms with Crippen LogP contribution in [0.2, 0.25) is 0 Å². The molecular formula is C15H29N5O3S. The molecule has 0 spiro atoms. The molecule has 0 aromatic heterocycles. The van der Waals surface area contributed by atoms with Crippen LogP contribution in [0.5, 0.6) is 0 Å². The van der Waals surface area contributed by atoms with E-state index in [9.17, 15) is 8.42 Å². The van der Waals surface area contributed by atoms with Crippen LogP contribution < -0.4 is 5.32 Å². The summed E-state index contributed by atoms with van der Waals surface area (Å²) in [4.78, 5) is 9.15. The minimum Gasteiger partial charge on any atom is -0.379 e. The van der Waals surface area contributed by atoms with Crippen LogP contribution in [0.15, 0.2) is 4.99 Å². The zero-order valence-corrected chi connectivity index (χ0v) is 15.3. The molecule has 3 aliphatic heterocycles.